The molecule has 0 saturated heterocycles. The van der Waals surface area contributed by atoms with E-state index >= 15 is 0 Å². The van der Waals surface area contributed by atoms with Gasteiger partial charge in [0, 0.05) is 5.41 Å². The summed E-state index contributed by atoms with van der Waals surface area (Å²) in [6.07, 6.45) is 0. The largest absolute Gasteiger partial charge is 0.544 e. The SMILES string of the molecule is Cc1nc(Cl)c(O[SiH](C)C)c(C(C)(C)C)n1. The first-order chi connectivity index (χ1) is 7.21. The van der Waals surface area contributed by atoms with Crippen molar-refractivity contribution in [2.24, 2.45) is 0 Å². The topological polar surface area (TPSA) is 35.0 Å². The van der Waals surface area contributed by atoms with E-state index in [4.69, 9.17) is 16.0 Å². The van der Waals surface area contributed by atoms with Gasteiger partial charge in [-0.15, -0.1) is 0 Å². The number of halogens is 1. The third-order valence-electron chi connectivity index (χ3n) is 2.00. The Morgan fingerprint density at radius 1 is 1.19 bits per heavy atom. The Morgan fingerprint density at radius 3 is 2.19 bits per heavy atom. The highest BCUT2D eigenvalue weighted by Gasteiger charge is 2.24. The van der Waals surface area contributed by atoms with Gasteiger partial charge in [-0.2, -0.15) is 0 Å². The van der Waals surface area contributed by atoms with Gasteiger partial charge in [0.25, 0.3) is 0 Å². The Labute approximate surface area is 104 Å². The number of rotatable bonds is 2. The molecule has 0 aliphatic rings. The van der Waals surface area contributed by atoms with Gasteiger partial charge in [-0.25, -0.2) is 9.97 Å². The molecule has 0 fully saturated rings. The van der Waals surface area contributed by atoms with Gasteiger partial charge in [0.05, 0.1) is 5.69 Å². The molecule has 0 amide bonds. The van der Waals surface area contributed by atoms with E-state index in [0.29, 0.717) is 16.7 Å². The molecule has 0 unspecified atom stereocenters. The van der Waals surface area contributed by atoms with E-state index < -0.39 is 9.04 Å². The molecule has 0 atom stereocenters. The molecular formula is C11H19ClN2OSi. The molecule has 1 rings (SSSR count). The van der Waals surface area contributed by atoms with Crippen molar-refractivity contribution in [3.05, 3.63) is 16.7 Å². The number of aromatic nitrogens is 2. The molecule has 0 spiro atoms. The van der Waals surface area contributed by atoms with Crippen molar-refractivity contribution >= 4 is 20.6 Å². The van der Waals surface area contributed by atoms with Crippen molar-refractivity contribution < 1.29 is 4.43 Å². The predicted octanol–water partition coefficient (Wildman–Crippen LogP) is 3.10. The molecule has 1 heterocycles. The molecule has 0 aliphatic heterocycles. The van der Waals surface area contributed by atoms with E-state index in [9.17, 15) is 0 Å². The Bertz CT molecular complexity index is 388. The summed E-state index contributed by atoms with van der Waals surface area (Å²) in [6.45, 7) is 12.3. The van der Waals surface area contributed by atoms with Crippen LogP contribution >= 0.6 is 11.6 Å². The second-order valence-electron chi connectivity index (χ2n) is 5.16. The van der Waals surface area contributed by atoms with Gasteiger partial charge >= 0.3 is 0 Å². The Kier molecular flexibility index (Phi) is 3.96. The Hall–Kier alpha value is -0.613. The lowest BCUT2D eigenvalue weighted by Gasteiger charge is -2.23. The van der Waals surface area contributed by atoms with Crippen LogP contribution in [0.15, 0.2) is 0 Å². The molecule has 0 saturated carbocycles. The molecule has 16 heavy (non-hydrogen) atoms. The van der Waals surface area contributed by atoms with E-state index in [1.165, 1.54) is 0 Å². The third kappa shape index (κ3) is 3.19. The van der Waals surface area contributed by atoms with Gasteiger partial charge in [-0.1, -0.05) is 32.4 Å². The molecule has 0 N–H and O–H groups in total. The zero-order valence-corrected chi connectivity index (χ0v) is 12.7. The maximum Gasteiger partial charge on any atom is 0.229 e. The molecule has 1 aromatic heterocycles. The molecule has 0 bridgehead atoms. The number of hydrogen-bond acceptors (Lipinski definition) is 3. The minimum Gasteiger partial charge on any atom is -0.544 e. The van der Waals surface area contributed by atoms with E-state index in [1.54, 1.807) is 0 Å². The fraction of sp³-hybridized carbons (Fsp3) is 0.636. The lowest BCUT2D eigenvalue weighted by atomic mass is 9.91. The summed E-state index contributed by atoms with van der Waals surface area (Å²) < 4.78 is 5.84. The lowest BCUT2D eigenvalue weighted by molar-refractivity contribution is 0.498. The van der Waals surface area contributed by atoms with Crippen molar-refractivity contribution in [2.75, 3.05) is 0 Å². The molecule has 0 aliphatic carbocycles. The summed E-state index contributed by atoms with van der Waals surface area (Å²) >= 11 is 6.13. The monoisotopic (exact) mass is 258 g/mol. The Morgan fingerprint density at radius 2 is 1.75 bits per heavy atom. The second-order valence-corrected chi connectivity index (χ2v) is 7.85. The molecular weight excluding hydrogens is 240 g/mol. The highest BCUT2D eigenvalue weighted by molar-refractivity contribution is 6.49. The van der Waals surface area contributed by atoms with Crippen LogP contribution in [-0.2, 0) is 5.41 Å². The average molecular weight is 259 g/mol. The maximum atomic E-state index is 6.13. The minimum atomic E-state index is -1.21. The Balaban J connectivity index is 3.33. The predicted molar refractivity (Wildman–Crippen MR) is 70.0 cm³/mol. The van der Waals surface area contributed by atoms with Crippen LogP contribution in [0.4, 0.5) is 0 Å². The van der Waals surface area contributed by atoms with Gasteiger partial charge in [0.2, 0.25) is 9.04 Å². The van der Waals surface area contributed by atoms with Crippen molar-refractivity contribution in [2.45, 2.75) is 46.2 Å². The van der Waals surface area contributed by atoms with Crippen LogP contribution in [0.5, 0.6) is 5.75 Å². The van der Waals surface area contributed by atoms with E-state index in [0.717, 1.165) is 5.69 Å². The van der Waals surface area contributed by atoms with Crippen molar-refractivity contribution in [3.63, 3.8) is 0 Å². The van der Waals surface area contributed by atoms with Crippen molar-refractivity contribution in [1.82, 2.24) is 9.97 Å². The smallest absolute Gasteiger partial charge is 0.229 e. The maximum absolute atomic E-state index is 6.13. The summed E-state index contributed by atoms with van der Waals surface area (Å²) in [7, 11) is -1.21. The molecule has 0 aromatic carbocycles. The lowest BCUT2D eigenvalue weighted by Crippen LogP contribution is -2.21. The number of aryl methyl sites for hydroxylation is 1. The third-order valence-corrected chi connectivity index (χ3v) is 2.96. The van der Waals surface area contributed by atoms with Crippen LogP contribution < -0.4 is 4.43 Å². The number of nitrogens with zero attached hydrogens (tertiary/aromatic N) is 2. The average Bonchev–Trinajstić information content (AvgIpc) is 2.06. The van der Waals surface area contributed by atoms with E-state index in [1.807, 2.05) is 6.92 Å². The van der Waals surface area contributed by atoms with Crippen molar-refractivity contribution in [3.8, 4) is 5.75 Å². The number of hydrogen-bond donors (Lipinski definition) is 0. The first-order valence-electron chi connectivity index (χ1n) is 5.43. The van der Waals surface area contributed by atoms with Gasteiger partial charge < -0.3 is 4.43 Å². The highest BCUT2D eigenvalue weighted by Crippen LogP contribution is 2.34. The fourth-order valence-electron chi connectivity index (χ4n) is 1.38. The van der Waals surface area contributed by atoms with Gasteiger partial charge in [-0.05, 0) is 20.0 Å². The summed E-state index contributed by atoms with van der Waals surface area (Å²) in [4.78, 5) is 8.61. The van der Waals surface area contributed by atoms with Gasteiger partial charge in [-0.3, -0.25) is 0 Å². The van der Waals surface area contributed by atoms with Crippen LogP contribution in [-0.4, -0.2) is 19.0 Å². The minimum absolute atomic E-state index is 0.0873. The molecule has 3 nitrogen and oxygen atoms in total. The zero-order chi connectivity index (χ0) is 12.5. The quantitative estimate of drug-likeness (QED) is 0.604. The first-order valence-corrected chi connectivity index (χ1v) is 8.59. The molecule has 0 radical (unpaired) electrons. The second kappa shape index (κ2) is 4.71. The summed E-state index contributed by atoms with van der Waals surface area (Å²) in [6, 6.07) is 0. The summed E-state index contributed by atoms with van der Waals surface area (Å²) in [5, 5.41) is 0.429. The van der Waals surface area contributed by atoms with Crippen LogP contribution in [0.3, 0.4) is 0 Å². The van der Waals surface area contributed by atoms with E-state index in [-0.39, 0.29) is 5.41 Å². The van der Waals surface area contributed by atoms with E-state index in [2.05, 4.69) is 43.8 Å². The van der Waals surface area contributed by atoms with Crippen molar-refractivity contribution in [1.29, 1.82) is 0 Å². The van der Waals surface area contributed by atoms with Crippen LogP contribution in [0, 0.1) is 6.92 Å². The molecule has 5 heteroatoms. The van der Waals surface area contributed by atoms with Gasteiger partial charge in [0.15, 0.2) is 10.9 Å². The van der Waals surface area contributed by atoms with Gasteiger partial charge in [0.1, 0.15) is 5.82 Å². The normalized spacial score (nSPS) is 12.0. The standard InChI is InChI=1S/C11H19ClN2OSi/c1-7-13-9(11(2,3)4)8(10(12)14-7)15-16(5)6/h16H,1-6H3. The summed E-state index contributed by atoms with van der Waals surface area (Å²) in [5.41, 5.74) is 0.807. The first kappa shape index (κ1) is 13.5. The fourth-order valence-corrected chi connectivity index (χ4v) is 2.40. The zero-order valence-electron chi connectivity index (χ0n) is 10.8. The van der Waals surface area contributed by atoms with Crippen LogP contribution in [0.1, 0.15) is 32.3 Å². The molecule has 1 aromatic rings. The molecule has 90 valence electrons. The van der Waals surface area contributed by atoms with Crippen LogP contribution in [0.2, 0.25) is 18.2 Å². The highest BCUT2D eigenvalue weighted by atomic mass is 35.5. The summed E-state index contributed by atoms with van der Waals surface area (Å²) in [5.74, 6) is 1.36. The van der Waals surface area contributed by atoms with Crippen LogP contribution in [0.25, 0.3) is 0 Å².